The number of aromatic nitrogens is 1. The number of rotatable bonds is 2. The Morgan fingerprint density at radius 3 is 2.56 bits per heavy atom. The number of H-pyrrole nitrogens is 1. The fourth-order valence-electron chi connectivity index (χ4n) is 1.56. The highest BCUT2D eigenvalue weighted by Gasteiger charge is 2.05. The van der Waals surface area contributed by atoms with Crippen LogP contribution in [-0.4, -0.2) is 4.98 Å². The molecule has 2 aromatic rings. The van der Waals surface area contributed by atoms with Gasteiger partial charge < -0.3 is 4.98 Å². The third-order valence-corrected chi connectivity index (χ3v) is 3.23. The molecule has 0 saturated heterocycles. The lowest BCUT2D eigenvalue weighted by Gasteiger charge is -2.04. The van der Waals surface area contributed by atoms with Gasteiger partial charge in [-0.1, -0.05) is 35.3 Å². The van der Waals surface area contributed by atoms with Crippen LogP contribution < -0.4 is 5.56 Å². The monoisotopic (exact) mass is 278 g/mol. The minimum Gasteiger partial charge on any atom is -0.322 e. The van der Waals surface area contributed by atoms with Gasteiger partial charge in [0, 0.05) is 11.3 Å². The first-order chi connectivity index (χ1) is 8.61. The molecular weight excluding hydrogens is 271 g/mol. The van der Waals surface area contributed by atoms with E-state index in [0.717, 1.165) is 5.56 Å². The maximum absolute atomic E-state index is 11.7. The van der Waals surface area contributed by atoms with Gasteiger partial charge in [-0.25, -0.2) is 0 Å². The van der Waals surface area contributed by atoms with Gasteiger partial charge in [-0.15, -0.1) is 0 Å². The highest BCUT2D eigenvalue weighted by atomic mass is 35.5. The van der Waals surface area contributed by atoms with Crippen molar-refractivity contribution in [2.24, 2.45) is 0 Å². The maximum Gasteiger partial charge on any atom is 0.252 e. The zero-order valence-corrected chi connectivity index (χ0v) is 10.7. The SMILES string of the molecule is N#CCc1ccc(-c2ccc(Cl)c(Cl)c2)[nH]c1=O. The summed E-state index contributed by atoms with van der Waals surface area (Å²) in [5.41, 5.74) is 1.59. The molecule has 90 valence electrons. The average molecular weight is 279 g/mol. The second-order valence-corrected chi connectivity index (χ2v) is 4.50. The van der Waals surface area contributed by atoms with Crippen molar-refractivity contribution in [1.82, 2.24) is 4.98 Å². The fraction of sp³-hybridized carbons (Fsp3) is 0.0769. The van der Waals surface area contributed by atoms with Gasteiger partial charge in [0.15, 0.2) is 0 Å². The molecule has 18 heavy (non-hydrogen) atoms. The molecule has 0 aliphatic heterocycles. The summed E-state index contributed by atoms with van der Waals surface area (Å²) in [5, 5.41) is 9.45. The number of nitriles is 1. The molecule has 0 spiro atoms. The molecule has 0 aliphatic carbocycles. The predicted molar refractivity (Wildman–Crippen MR) is 71.8 cm³/mol. The van der Waals surface area contributed by atoms with Crippen LogP contribution in [0.4, 0.5) is 0 Å². The number of nitrogens with zero attached hydrogens (tertiary/aromatic N) is 1. The summed E-state index contributed by atoms with van der Waals surface area (Å²) in [6, 6.07) is 10.4. The van der Waals surface area contributed by atoms with Crippen molar-refractivity contribution in [2.45, 2.75) is 6.42 Å². The van der Waals surface area contributed by atoms with E-state index in [4.69, 9.17) is 28.5 Å². The van der Waals surface area contributed by atoms with Crippen LogP contribution in [0.2, 0.25) is 10.0 Å². The van der Waals surface area contributed by atoms with Crippen LogP contribution in [0, 0.1) is 11.3 Å². The summed E-state index contributed by atoms with van der Waals surface area (Å²) >= 11 is 11.7. The van der Waals surface area contributed by atoms with E-state index in [2.05, 4.69) is 4.98 Å². The smallest absolute Gasteiger partial charge is 0.252 e. The van der Waals surface area contributed by atoms with Gasteiger partial charge >= 0.3 is 0 Å². The molecule has 3 nitrogen and oxygen atoms in total. The number of hydrogen-bond acceptors (Lipinski definition) is 2. The maximum atomic E-state index is 11.7. The second kappa shape index (κ2) is 5.26. The number of nitrogens with one attached hydrogen (secondary N) is 1. The molecule has 1 heterocycles. The van der Waals surface area contributed by atoms with Crippen molar-refractivity contribution in [3.8, 4) is 17.3 Å². The van der Waals surface area contributed by atoms with Gasteiger partial charge in [0.2, 0.25) is 0 Å². The molecule has 0 fully saturated rings. The number of hydrogen-bond donors (Lipinski definition) is 1. The number of halogens is 2. The van der Waals surface area contributed by atoms with E-state index in [0.29, 0.717) is 21.3 Å². The first kappa shape index (κ1) is 12.7. The van der Waals surface area contributed by atoms with Crippen LogP contribution in [0.5, 0.6) is 0 Å². The Kier molecular flexibility index (Phi) is 3.71. The normalized spacial score (nSPS) is 10.1. The van der Waals surface area contributed by atoms with Crippen molar-refractivity contribution in [1.29, 1.82) is 5.26 Å². The molecule has 5 heteroatoms. The van der Waals surface area contributed by atoms with Gasteiger partial charge in [-0.2, -0.15) is 5.26 Å². The molecule has 0 unspecified atom stereocenters. The zero-order chi connectivity index (χ0) is 13.1. The van der Waals surface area contributed by atoms with E-state index in [1.807, 2.05) is 6.07 Å². The molecule has 0 radical (unpaired) electrons. The van der Waals surface area contributed by atoms with E-state index >= 15 is 0 Å². The molecule has 0 atom stereocenters. The van der Waals surface area contributed by atoms with Crippen molar-refractivity contribution >= 4 is 23.2 Å². The van der Waals surface area contributed by atoms with Gasteiger partial charge in [0.1, 0.15) is 0 Å². The van der Waals surface area contributed by atoms with Crippen molar-refractivity contribution in [2.75, 3.05) is 0 Å². The van der Waals surface area contributed by atoms with Crippen LogP contribution >= 0.6 is 23.2 Å². The summed E-state index contributed by atoms with van der Waals surface area (Å²) in [6.07, 6.45) is 0.0942. The largest absolute Gasteiger partial charge is 0.322 e. The number of pyridine rings is 1. The van der Waals surface area contributed by atoms with E-state index in [9.17, 15) is 4.79 Å². The van der Waals surface area contributed by atoms with Gasteiger partial charge in [-0.05, 0) is 23.8 Å². The van der Waals surface area contributed by atoms with E-state index in [-0.39, 0.29) is 12.0 Å². The molecule has 1 aromatic heterocycles. The Morgan fingerprint density at radius 1 is 1.17 bits per heavy atom. The summed E-state index contributed by atoms with van der Waals surface area (Å²) in [7, 11) is 0. The van der Waals surface area contributed by atoms with E-state index in [1.54, 1.807) is 30.3 Å². The van der Waals surface area contributed by atoms with Crippen molar-refractivity contribution in [3.05, 3.63) is 56.3 Å². The highest BCUT2D eigenvalue weighted by molar-refractivity contribution is 6.42. The van der Waals surface area contributed by atoms with E-state index in [1.165, 1.54) is 0 Å². The lowest BCUT2D eigenvalue weighted by atomic mass is 10.1. The molecule has 0 saturated carbocycles. The van der Waals surface area contributed by atoms with Crippen LogP contribution in [0.15, 0.2) is 35.1 Å². The number of aromatic amines is 1. The molecular formula is C13H8Cl2N2O. The number of benzene rings is 1. The topological polar surface area (TPSA) is 56.6 Å². The quantitative estimate of drug-likeness (QED) is 0.915. The Balaban J connectivity index is 2.46. The Bertz CT molecular complexity index is 686. The Morgan fingerprint density at radius 2 is 1.94 bits per heavy atom. The third-order valence-electron chi connectivity index (χ3n) is 2.49. The summed E-state index contributed by atoms with van der Waals surface area (Å²) in [5.74, 6) is 0. The van der Waals surface area contributed by atoms with Gasteiger partial charge in [-0.3, -0.25) is 4.79 Å². The predicted octanol–water partition coefficient (Wildman–Crippen LogP) is 3.41. The summed E-state index contributed by atoms with van der Waals surface area (Å²) in [4.78, 5) is 14.4. The van der Waals surface area contributed by atoms with Crippen molar-refractivity contribution in [3.63, 3.8) is 0 Å². The minimum absolute atomic E-state index is 0.0942. The lowest BCUT2D eigenvalue weighted by molar-refractivity contribution is 1.13. The van der Waals surface area contributed by atoms with E-state index < -0.39 is 0 Å². The molecule has 1 N–H and O–H groups in total. The lowest BCUT2D eigenvalue weighted by Crippen LogP contribution is -2.12. The molecule has 2 rings (SSSR count). The first-order valence-corrected chi connectivity index (χ1v) is 5.92. The standard InChI is InChI=1S/C13H8Cl2N2O/c14-10-3-1-9(7-11(10)15)12-4-2-8(5-6-16)13(18)17-12/h1-4,7H,5H2,(H,17,18). The summed E-state index contributed by atoms with van der Waals surface area (Å²) < 4.78 is 0. The van der Waals surface area contributed by atoms with Crippen LogP contribution in [0.25, 0.3) is 11.3 Å². The van der Waals surface area contributed by atoms with Crippen LogP contribution in [0.1, 0.15) is 5.56 Å². The first-order valence-electron chi connectivity index (χ1n) is 5.16. The van der Waals surface area contributed by atoms with Crippen LogP contribution in [-0.2, 0) is 6.42 Å². The van der Waals surface area contributed by atoms with Gasteiger partial charge in [0.25, 0.3) is 5.56 Å². The molecule has 0 bridgehead atoms. The second-order valence-electron chi connectivity index (χ2n) is 3.69. The highest BCUT2D eigenvalue weighted by Crippen LogP contribution is 2.27. The molecule has 0 amide bonds. The Labute approximate surface area is 114 Å². The Hall–Kier alpha value is -1.76. The fourth-order valence-corrected chi connectivity index (χ4v) is 1.86. The third kappa shape index (κ3) is 2.56. The summed E-state index contributed by atoms with van der Waals surface area (Å²) in [6.45, 7) is 0. The minimum atomic E-state index is -0.264. The molecule has 0 aliphatic rings. The zero-order valence-electron chi connectivity index (χ0n) is 9.21. The van der Waals surface area contributed by atoms with Crippen LogP contribution in [0.3, 0.4) is 0 Å². The average Bonchev–Trinajstić information content (AvgIpc) is 2.35. The van der Waals surface area contributed by atoms with Crippen molar-refractivity contribution < 1.29 is 0 Å². The van der Waals surface area contributed by atoms with Gasteiger partial charge in [0.05, 0.1) is 22.5 Å². The molecule has 1 aromatic carbocycles.